The molecule has 0 atom stereocenters. The van der Waals surface area contributed by atoms with E-state index >= 15 is 0 Å². The van der Waals surface area contributed by atoms with E-state index in [9.17, 15) is 0 Å². The van der Waals surface area contributed by atoms with Crippen LogP contribution in [0.2, 0.25) is 5.02 Å². The molecule has 20 heavy (non-hydrogen) atoms. The molecule has 0 aliphatic heterocycles. The summed E-state index contributed by atoms with van der Waals surface area (Å²) >= 11 is 6.16. The van der Waals surface area contributed by atoms with Crippen LogP contribution in [0, 0.1) is 13.8 Å². The average Bonchev–Trinajstić information content (AvgIpc) is 2.44. The Morgan fingerprint density at radius 1 is 1.25 bits per heavy atom. The van der Waals surface area contributed by atoms with Crippen molar-refractivity contribution in [2.75, 3.05) is 17.2 Å². The highest BCUT2D eigenvalue weighted by Crippen LogP contribution is 2.26. The number of aryl methyl sites for hydroxylation is 1. The molecule has 106 valence electrons. The highest BCUT2D eigenvalue weighted by molar-refractivity contribution is 6.32. The van der Waals surface area contributed by atoms with E-state index in [0.29, 0.717) is 16.8 Å². The molecule has 2 N–H and O–H groups in total. The Bertz CT molecular complexity index is 598. The zero-order valence-corrected chi connectivity index (χ0v) is 12.8. The molecule has 0 bridgehead atoms. The van der Waals surface area contributed by atoms with Gasteiger partial charge >= 0.3 is 0 Å². The highest BCUT2D eigenvalue weighted by atomic mass is 35.5. The second-order valence-corrected chi connectivity index (χ2v) is 5.10. The fourth-order valence-electron chi connectivity index (χ4n) is 1.79. The van der Waals surface area contributed by atoms with Crippen molar-refractivity contribution < 1.29 is 0 Å². The summed E-state index contributed by atoms with van der Waals surface area (Å²) in [7, 11) is 0. The van der Waals surface area contributed by atoms with Crippen LogP contribution in [0.5, 0.6) is 0 Å². The molecule has 2 rings (SSSR count). The minimum absolute atomic E-state index is 0.507. The molecular weight excluding hydrogens is 272 g/mol. The summed E-state index contributed by atoms with van der Waals surface area (Å²) in [5.74, 6) is 1.21. The second kappa shape index (κ2) is 6.57. The SMILES string of the molecule is CCCNc1ncc(Cl)c(Nc2cccc(C)c2C)n1. The molecule has 0 unspecified atom stereocenters. The molecule has 0 fully saturated rings. The van der Waals surface area contributed by atoms with Crippen LogP contribution in [-0.4, -0.2) is 16.5 Å². The van der Waals surface area contributed by atoms with E-state index in [-0.39, 0.29) is 0 Å². The maximum absolute atomic E-state index is 6.16. The third-order valence-corrected chi connectivity index (χ3v) is 3.41. The number of nitrogens with one attached hydrogen (secondary N) is 2. The topological polar surface area (TPSA) is 49.8 Å². The van der Waals surface area contributed by atoms with Gasteiger partial charge in [-0.15, -0.1) is 0 Å². The first-order chi connectivity index (χ1) is 9.61. The molecule has 0 saturated heterocycles. The van der Waals surface area contributed by atoms with Crippen molar-refractivity contribution in [2.45, 2.75) is 27.2 Å². The van der Waals surface area contributed by atoms with E-state index in [4.69, 9.17) is 11.6 Å². The summed E-state index contributed by atoms with van der Waals surface area (Å²) in [6, 6.07) is 6.10. The van der Waals surface area contributed by atoms with Gasteiger partial charge in [-0.25, -0.2) is 4.98 Å². The molecule has 4 nitrogen and oxygen atoms in total. The number of hydrogen-bond donors (Lipinski definition) is 2. The lowest BCUT2D eigenvalue weighted by atomic mass is 10.1. The lowest BCUT2D eigenvalue weighted by Gasteiger charge is -2.13. The van der Waals surface area contributed by atoms with E-state index < -0.39 is 0 Å². The van der Waals surface area contributed by atoms with Crippen molar-refractivity contribution in [3.05, 3.63) is 40.5 Å². The van der Waals surface area contributed by atoms with Gasteiger partial charge in [0, 0.05) is 12.2 Å². The van der Waals surface area contributed by atoms with Gasteiger partial charge in [0.15, 0.2) is 5.82 Å². The van der Waals surface area contributed by atoms with Crippen LogP contribution in [0.25, 0.3) is 0 Å². The number of benzene rings is 1. The van der Waals surface area contributed by atoms with Crippen LogP contribution in [0.1, 0.15) is 24.5 Å². The van der Waals surface area contributed by atoms with Crippen molar-refractivity contribution >= 4 is 29.1 Å². The molecule has 1 heterocycles. The Hall–Kier alpha value is -1.81. The summed E-state index contributed by atoms with van der Waals surface area (Å²) in [5, 5.41) is 6.94. The summed E-state index contributed by atoms with van der Waals surface area (Å²) in [6.07, 6.45) is 2.63. The standard InChI is InChI=1S/C15H19ClN4/c1-4-8-17-15-18-9-12(16)14(20-15)19-13-7-5-6-10(2)11(13)3/h5-7,9H,4,8H2,1-3H3,(H2,17,18,19,20). The molecular formula is C15H19ClN4. The number of nitrogens with zero attached hydrogens (tertiary/aromatic N) is 2. The molecule has 0 amide bonds. The van der Waals surface area contributed by atoms with E-state index in [1.54, 1.807) is 6.20 Å². The Labute approximate surface area is 124 Å². The van der Waals surface area contributed by atoms with E-state index in [2.05, 4.69) is 47.4 Å². The van der Waals surface area contributed by atoms with Crippen LogP contribution in [0.3, 0.4) is 0 Å². The lowest BCUT2D eigenvalue weighted by molar-refractivity contribution is 0.953. The Morgan fingerprint density at radius 2 is 2.05 bits per heavy atom. The molecule has 0 saturated carbocycles. The molecule has 0 aliphatic carbocycles. The first-order valence-corrected chi connectivity index (χ1v) is 7.09. The molecule has 0 aliphatic rings. The normalized spacial score (nSPS) is 10.4. The van der Waals surface area contributed by atoms with Gasteiger partial charge in [-0.3, -0.25) is 0 Å². The van der Waals surface area contributed by atoms with E-state index in [1.165, 1.54) is 11.1 Å². The zero-order chi connectivity index (χ0) is 14.5. The fraction of sp³-hybridized carbons (Fsp3) is 0.333. The smallest absolute Gasteiger partial charge is 0.224 e. The van der Waals surface area contributed by atoms with Gasteiger partial charge in [0.2, 0.25) is 5.95 Å². The minimum Gasteiger partial charge on any atom is -0.354 e. The third-order valence-electron chi connectivity index (χ3n) is 3.13. The van der Waals surface area contributed by atoms with Gasteiger partial charge < -0.3 is 10.6 Å². The summed E-state index contributed by atoms with van der Waals surface area (Å²) in [6.45, 7) is 7.09. The van der Waals surface area contributed by atoms with Crippen molar-refractivity contribution in [3.63, 3.8) is 0 Å². The first-order valence-electron chi connectivity index (χ1n) is 6.71. The summed E-state index contributed by atoms with van der Waals surface area (Å²) in [4.78, 5) is 8.57. The van der Waals surface area contributed by atoms with Gasteiger partial charge in [-0.2, -0.15) is 4.98 Å². The predicted octanol–water partition coefficient (Wildman–Crippen LogP) is 4.31. The maximum atomic E-state index is 6.16. The second-order valence-electron chi connectivity index (χ2n) is 4.69. The number of rotatable bonds is 5. The van der Waals surface area contributed by atoms with Gasteiger partial charge in [0.25, 0.3) is 0 Å². The highest BCUT2D eigenvalue weighted by Gasteiger charge is 2.07. The summed E-state index contributed by atoms with van der Waals surface area (Å²) in [5.41, 5.74) is 3.42. The number of halogens is 1. The molecule has 0 spiro atoms. The van der Waals surface area contributed by atoms with Crippen molar-refractivity contribution in [1.29, 1.82) is 0 Å². The Morgan fingerprint density at radius 3 is 2.80 bits per heavy atom. The molecule has 5 heteroatoms. The first kappa shape index (κ1) is 14.6. The third kappa shape index (κ3) is 3.39. The lowest BCUT2D eigenvalue weighted by Crippen LogP contribution is -2.06. The predicted molar refractivity (Wildman–Crippen MR) is 85.0 cm³/mol. The van der Waals surface area contributed by atoms with Crippen LogP contribution in [0.15, 0.2) is 24.4 Å². The van der Waals surface area contributed by atoms with Gasteiger partial charge in [0.05, 0.1) is 6.20 Å². The number of anilines is 3. The van der Waals surface area contributed by atoms with Crippen LogP contribution in [0.4, 0.5) is 17.5 Å². The van der Waals surface area contributed by atoms with E-state index in [1.807, 2.05) is 12.1 Å². The van der Waals surface area contributed by atoms with Crippen LogP contribution < -0.4 is 10.6 Å². The average molecular weight is 291 g/mol. The monoisotopic (exact) mass is 290 g/mol. The summed E-state index contributed by atoms with van der Waals surface area (Å²) < 4.78 is 0. The van der Waals surface area contributed by atoms with Crippen LogP contribution in [-0.2, 0) is 0 Å². The maximum Gasteiger partial charge on any atom is 0.224 e. The van der Waals surface area contributed by atoms with Gasteiger partial charge in [0.1, 0.15) is 5.02 Å². The minimum atomic E-state index is 0.507. The van der Waals surface area contributed by atoms with Crippen molar-refractivity contribution in [1.82, 2.24) is 9.97 Å². The number of hydrogen-bond acceptors (Lipinski definition) is 4. The fourth-order valence-corrected chi connectivity index (χ4v) is 1.93. The van der Waals surface area contributed by atoms with E-state index in [0.717, 1.165) is 18.7 Å². The molecule has 1 aromatic carbocycles. The molecule has 1 aromatic heterocycles. The zero-order valence-electron chi connectivity index (χ0n) is 12.0. The van der Waals surface area contributed by atoms with Crippen molar-refractivity contribution in [2.24, 2.45) is 0 Å². The van der Waals surface area contributed by atoms with Gasteiger partial charge in [-0.1, -0.05) is 30.7 Å². The van der Waals surface area contributed by atoms with Gasteiger partial charge in [-0.05, 0) is 37.5 Å². The van der Waals surface area contributed by atoms with Crippen LogP contribution >= 0.6 is 11.6 Å². The molecule has 2 aromatic rings. The Kier molecular flexibility index (Phi) is 4.79. The van der Waals surface area contributed by atoms with Crippen molar-refractivity contribution in [3.8, 4) is 0 Å². The number of aromatic nitrogens is 2. The quantitative estimate of drug-likeness (QED) is 0.861. The Balaban J connectivity index is 2.26. The largest absolute Gasteiger partial charge is 0.354 e. The molecule has 0 radical (unpaired) electrons.